The van der Waals surface area contributed by atoms with Crippen molar-refractivity contribution in [2.45, 2.75) is 112 Å². The fourth-order valence-corrected chi connectivity index (χ4v) is 8.95. The van der Waals surface area contributed by atoms with Crippen LogP contribution in [0.2, 0.25) is 0 Å². The Balaban J connectivity index is 1.44. The number of esters is 1. The van der Waals surface area contributed by atoms with Crippen molar-refractivity contribution < 1.29 is 14.6 Å². The smallest absolute Gasteiger partial charge is 0.302 e. The van der Waals surface area contributed by atoms with Crippen molar-refractivity contribution in [3.8, 4) is 0 Å². The van der Waals surface area contributed by atoms with E-state index in [1.165, 1.54) is 57.4 Å². The van der Waals surface area contributed by atoms with Crippen LogP contribution < -0.4 is 0 Å². The monoisotopic (exact) mass is 484 g/mol. The van der Waals surface area contributed by atoms with Gasteiger partial charge in [-0.3, -0.25) is 4.79 Å². The van der Waals surface area contributed by atoms with Crippen LogP contribution in [-0.2, 0) is 9.53 Å². The molecule has 0 aromatic carbocycles. The van der Waals surface area contributed by atoms with Crippen LogP contribution in [0.1, 0.15) is 106 Å². The summed E-state index contributed by atoms with van der Waals surface area (Å²) in [7, 11) is 0. The van der Waals surface area contributed by atoms with Gasteiger partial charge in [0.05, 0.1) is 12.7 Å². The topological polar surface area (TPSA) is 46.5 Å². The van der Waals surface area contributed by atoms with Crippen molar-refractivity contribution in [3.63, 3.8) is 0 Å². The zero-order valence-corrected chi connectivity index (χ0v) is 23.6. The molecule has 3 heteroatoms. The number of aliphatic hydroxyl groups excluding tert-OH is 1. The summed E-state index contributed by atoms with van der Waals surface area (Å²) in [5, 5.41) is 11.4. The van der Waals surface area contributed by atoms with Gasteiger partial charge in [-0.1, -0.05) is 64.8 Å². The van der Waals surface area contributed by atoms with Crippen molar-refractivity contribution in [3.05, 3.63) is 23.3 Å². The van der Waals surface area contributed by atoms with Gasteiger partial charge in [-0.25, -0.2) is 0 Å². The highest BCUT2D eigenvalue weighted by Gasteiger charge is 2.57. The van der Waals surface area contributed by atoms with Gasteiger partial charge in [-0.2, -0.15) is 0 Å². The second-order valence-electron chi connectivity index (χ2n) is 13.7. The average Bonchev–Trinajstić information content (AvgIpc) is 3.15. The van der Waals surface area contributed by atoms with Crippen LogP contribution in [0.15, 0.2) is 23.3 Å². The van der Waals surface area contributed by atoms with Gasteiger partial charge in [0, 0.05) is 12.8 Å². The summed E-state index contributed by atoms with van der Waals surface area (Å²) < 4.78 is 5.22. The molecule has 0 saturated heterocycles. The van der Waals surface area contributed by atoms with Gasteiger partial charge < -0.3 is 9.84 Å². The number of carbonyl (C=O) groups excluding carboxylic acids is 1. The molecule has 3 nitrogen and oxygen atoms in total. The molecule has 0 heterocycles. The molecule has 2 saturated carbocycles. The van der Waals surface area contributed by atoms with Gasteiger partial charge in [0.1, 0.15) is 0 Å². The Labute approximate surface area is 215 Å². The molecule has 0 aromatic rings. The summed E-state index contributed by atoms with van der Waals surface area (Å²) in [6.45, 7) is 16.2. The molecule has 9 atom stereocenters. The van der Waals surface area contributed by atoms with Crippen LogP contribution in [-0.4, -0.2) is 23.8 Å². The van der Waals surface area contributed by atoms with Crippen molar-refractivity contribution in [1.82, 2.24) is 0 Å². The number of hydrogen-bond donors (Lipinski definition) is 1. The lowest BCUT2D eigenvalue weighted by Gasteiger charge is -2.58. The first kappa shape index (κ1) is 27.0. The van der Waals surface area contributed by atoms with E-state index in [2.05, 4.69) is 53.7 Å². The number of carbonyl (C=O) groups is 1. The van der Waals surface area contributed by atoms with E-state index in [-0.39, 0.29) is 23.4 Å². The van der Waals surface area contributed by atoms with Crippen molar-refractivity contribution in [2.75, 3.05) is 6.61 Å². The summed E-state index contributed by atoms with van der Waals surface area (Å²) in [6, 6.07) is 0. The number of allylic oxidation sites excluding steroid dienone is 3. The lowest BCUT2D eigenvalue weighted by atomic mass is 9.46. The lowest BCUT2D eigenvalue weighted by molar-refractivity contribution is -0.141. The van der Waals surface area contributed by atoms with Gasteiger partial charge >= 0.3 is 5.97 Å². The minimum Gasteiger partial charge on any atom is -0.466 e. The third-order valence-electron chi connectivity index (χ3n) is 11.3. The number of aliphatic hydroxyl groups is 1. The fraction of sp³-hybridized carbons (Fsp3) is 0.844. The second-order valence-corrected chi connectivity index (χ2v) is 13.7. The Kier molecular flexibility index (Phi) is 7.97. The van der Waals surface area contributed by atoms with E-state index in [1.807, 2.05) is 0 Å². The number of hydrogen-bond acceptors (Lipinski definition) is 3. The maximum atomic E-state index is 11.4. The van der Waals surface area contributed by atoms with Gasteiger partial charge in [0.15, 0.2) is 0 Å². The molecule has 4 aliphatic rings. The first-order chi connectivity index (χ1) is 16.5. The minimum atomic E-state index is -0.338. The first-order valence-electron chi connectivity index (χ1n) is 14.7. The van der Waals surface area contributed by atoms with Gasteiger partial charge in [-0.15, -0.1) is 0 Å². The maximum Gasteiger partial charge on any atom is 0.302 e. The van der Waals surface area contributed by atoms with E-state index in [4.69, 9.17) is 4.74 Å². The highest BCUT2D eigenvalue weighted by molar-refractivity contribution is 5.65. The summed E-state index contributed by atoms with van der Waals surface area (Å²) in [5.41, 5.74) is 3.98. The zero-order valence-electron chi connectivity index (χ0n) is 23.6. The Morgan fingerprint density at radius 3 is 2.49 bits per heavy atom. The summed E-state index contributed by atoms with van der Waals surface area (Å²) in [4.78, 5) is 11.2. The molecular weight excluding hydrogens is 432 g/mol. The number of rotatable bonds is 8. The molecule has 0 radical (unpaired) electrons. The van der Waals surface area contributed by atoms with Crippen LogP contribution in [0.5, 0.6) is 0 Å². The Bertz CT molecular complexity index is 840. The Hall–Kier alpha value is -1.09. The van der Waals surface area contributed by atoms with Crippen molar-refractivity contribution >= 4 is 5.97 Å². The summed E-state index contributed by atoms with van der Waals surface area (Å²) >= 11 is 0. The fourth-order valence-electron chi connectivity index (χ4n) is 8.95. The lowest BCUT2D eigenvalue weighted by Crippen LogP contribution is -2.50. The molecule has 0 aliphatic heterocycles. The molecule has 35 heavy (non-hydrogen) atoms. The van der Waals surface area contributed by atoms with E-state index in [0.717, 1.165) is 36.5 Å². The van der Waals surface area contributed by atoms with Crippen molar-refractivity contribution in [1.29, 1.82) is 0 Å². The second kappa shape index (κ2) is 10.3. The average molecular weight is 485 g/mol. The highest BCUT2D eigenvalue weighted by atomic mass is 16.5. The van der Waals surface area contributed by atoms with Crippen molar-refractivity contribution in [2.24, 2.45) is 52.3 Å². The molecule has 0 amide bonds. The molecule has 4 aliphatic carbocycles. The third-order valence-corrected chi connectivity index (χ3v) is 11.3. The molecular formula is C32H52O3. The highest BCUT2D eigenvalue weighted by Crippen LogP contribution is 2.66. The van der Waals surface area contributed by atoms with E-state index >= 15 is 0 Å². The van der Waals surface area contributed by atoms with E-state index in [0.29, 0.717) is 23.9 Å². The maximum absolute atomic E-state index is 11.4. The van der Waals surface area contributed by atoms with E-state index in [1.54, 1.807) is 5.57 Å². The van der Waals surface area contributed by atoms with Crippen LogP contribution in [0, 0.1) is 52.3 Å². The Morgan fingerprint density at radius 1 is 1.09 bits per heavy atom. The standard InChI is InChI=1S/C32H52O3/c1-20(2)24(14-17-35-23(5)33)19-30(34)22(4)27-10-11-28-26-9-8-25-18-21(3)12-15-31(25,6)29(26)13-16-32(27,28)7/h8,10,20-22,24,26,28-30,34H,9,11-19H2,1-7H3/t21-,22?,24?,26?,28?,29?,30?,31-,32+/m0/s1. The van der Waals surface area contributed by atoms with Gasteiger partial charge in [0.2, 0.25) is 0 Å². The zero-order chi connectivity index (χ0) is 25.5. The molecule has 0 aromatic heterocycles. The van der Waals surface area contributed by atoms with Crippen LogP contribution in [0.4, 0.5) is 0 Å². The van der Waals surface area contributed by atoms with E-state index < -0.39 is 0 Å². The SMILES string of the molecule is CC(=O)OCCC(CC(O)C(C)C1=CCC2C3CC=C4C[C@@H](C)CC[C@]4(C)C3CC[C@]12C)C(C)C. The number of fused-ring (bicyclic) bond motifs is 5. The Morgan fingerprint density at radius 2 is 1.80 bits per heavy atom. The molecule has 0 bridgehead atoms. The van der Waals surface area contributed by atoms with Crippen LogP contribution in [0.3, 0.4) is 0 Å². The predicted octanol–water partition coefficient (Wildman–Crippen LogP) is 7.73. The molecule has 6 unspecified atom stereocenters. The third kappa shape index (κ3) is 5.05. The minimum absolute atomic E-state index is 0.192. The molecule has 4 rings (SSSR count). The largest absolute Gasteiger partial charge is 0.466 e. The molecule has 2 fully saturated rings. The van der Waals surface area contributed by atoms with Gasteiger partial charge in [-0.05, 0) is 104 Å². The van der Waals surface area contributed by atoms with Crippen LogP contribution >= 0.6 is 0 Å². The molecule has 198 valence electrons. The van der Waals surface area contributed by atoms with Gasteiger partial charge in [0.25, 0.3) is 0 Å². The summed E-state index contributed by atoms with van der Waals surface area (Å²) in [5.74, 6) is 4.02. The normalized spacial score (nSPS) is 39.0. The first-order valence-corrected chi connectivity index (χ1v) is 14.7. The van der Waals surface area contributed by atoms with E-state index in [9.17, 15) is 9.90 Å². The number of ether oxygens (including phenoxy) is 1. The quantitative estimate of drug-likeness (QED) is 0.283. The summed E-state index contributed by atoms with van der Waals surface area (Å²) in [6.07, 6.45) is 15.6. The molecule has 1 N–H and O–H groups in total. The predicted molar refractivity (Wildman–Crippen MR) is 144 cm³/mol. The van der Waals surface area contributed by atoms with Crippen LogP contribution in [0.25, 0.3) is 0 Å². The molecule has 0 spiro atoms.